The molecule has 4 aromatic rings. The molecule has 57 heavy (non-hydrogen) atoms. The van der Waals surface area contributed by atoms with Crippen LogP contribution in [0.4, 0.5) is 28.4 Å². The molecule has 0 aromatic heterocycles. The number of fused-ring (bicyclic) bond motifs is 1. The first-order valence-electron chi connectivity index (χ1n) is 14.9. The molecule has 0 spiro atoms. The first kappa shape index (κ1) is 46.1. The topological polar surface area (TPSA) is 339 Å². The predicted octanol–water partition coefficient (Wildman–Crippen LogP) is 6.64. The molecule has 24 nitrogen and oxygen atoms in total. The standard InChI is InChI=1S/C27H27N5O19S6/c1-28-22-9-7-19-20(25(22)31-30-21-8-6-18(14-24(21)57(41,42)43)56(39,40)13-11-45-54-51-48-36)15-23(52-49-46-34)26(27(19)33)32-29-16-2-4-17(5-3-16)55(37,38)12-10-44-53-50-47-35/h2-9,14-15,28,33-36H,10-13H2,1H3,(H,41,42,43)/b31-30+,32-29+. The Hall–Kier alpha value is -3.64. The van der Waals surface area contributed by atoms with Gasteiger partial charge in [0.25, 0.3) is 10.1 Å². The largest absolute Gasteiger partial charge is 0.505 e. The van der Waals surface area contributed by atoms with E-state index in [1.807, 2.05) is 0 Å². The van der Waals surface area contributed by atoms with Gasteiger partial charge in [0.05, 0.1) is 62.8 Å². The number of rotatable bonds is 23. The summed E-state index contributed by atoms with van der Waals surface area (Å²) < 4.78 is 108. The molecular weight excluding hydrogens is 891 g/mol. The van der Waals surface area contributed by atoms with Gasteiger partial charge in [0.1, 0.15) is 22.0 Å². The maximum absolute atomic E-state index is 12.8. The van der Waals surface area contributed by atoms with E-state index in [0.717, 1.165) is 12.1 Å². The summed E-state index contributed by atoms with van der Waals surface area (Å²) in [6.45, 7) is -0.780. The molecular formula is C27H27N5O19S6. The molecule has 0 unspecified atom stereocenters. The average Bonchev–Trinajstić information content (AvgIpc) is 3.18. The van der Waals surface area contributed by atoms with E-state index in [1.54, 1.807) is 0 Å². The third kappa shape index (κ3) is 12.7. The van der Waals surface area contributed by atoms with Crippen molar-refractivity contribution in [1.29, 1.82) is 0 Å². The van der Waals surface area contributed by atoms with Gasteiger partial charge < -0.3 is 10.4 Å². The van der Waals surface area contributed by atoms with Crippen LogP contribution in [-0.2, 0) is 66.3 Å². The molecule has 4 rings (SSSR count). The second-order valence-electron chi connectivity index (χ2n) is 10.3. The molecule has 0 aliphatic rings. The SMILES string of the molecule is CNc1ccc2c(O)c(/N=N/c3ccc(S(=O)(=O)CCOSOOO)cc3)c(SOOO)cc2c1/N=N/c1ccc(S(=O)(=O)CCOSOOO)cc1S(=O)(=O)O. The van der Waals surface area contributed by atoms with Gasteiger partial charge in [0, 0.05) is 17.8 Å². The lowest BCUT2D eigenvalue weighted by Gasteiger charge is -2.13. The molecule has 6 N–H and O–H groups in total. The Kier molecular flexibility index (Phi) is 17.3. The van der Waals surface area contributed by atoms with E-state index in [1.165, 1.54) is 49.5 Å². The number of hydrogen-bond donors (Lipinski definition) is 6. The van der Waals surface area contributed by atoms with Gasteiger partial charge in [-0.3, -0.25) is 12.9 Å². The van der Waals surface area contributed by atoms with Crippen molar-refractivity contribution in [1.82, 2.24) is 0 Å². The molecule has 0 aliphatic carbocycles. The number of sulfone groups is 2. The molecule has 30 heteroatoms. The second-order valence-corrected chi connectivity index (χ2v) is 17.7. The Morgan fingerprint density at radius 2 is 1.25 bits per heavy atom. The fourth-order valence-electron chi connectivity index (χ4n) is 4.49. The first-order valence-corrected chi connectivity index (χ1v) is 21.7. The van der Waals surface area contributed by atoms with E-state index in [4.69, 9.17) is 24.1 Å². The third-order valence-corrected chi connectivity index (χ3v) is 12.6. The summed E-state index contributed by atoms with van der Waals surface area (Å²) in [6, 6.07) is 12.1. The first-order chi connectivity index (χ1) is 27.2. The molecule has 310 valence electrons. The van der Waals surface area contributed by atoms with E-state index in [2.05, 4.69) is 53.9 Å². The Morgan fingerprint density at radius 3 is 1.82 bits per heavy atom. The normalized spacial score (nSPS) is 12.6. The van der Waals surface area contributed by atoms with E-state index < -0.39 is 69.1 Å². The highest BCUT2D eigenvalue weighted by Gasteiger charge is 2.24. The molecule has 0 atom stereocenters. The summed E-state index contributed by atoms with van der Waals surface area (Å²) in [7, 11) is -11.6. The maximum Gasteiger partial charge on any atom is 0.296 e. The van der Waals surface area contributed by atoms with E-state index >= 15 is 0 Å². The smallest absolute Gasteiger partial charge is 0.296 e. The molecule has 0 radical (unpaired) electrons. The van der Waals surface area contributed by atoms with Crippen LogP contribution in [0, 0.1) is 0 Å². The van der Waals surface area contributed by atoms with Gasteiger partial charge in [-0.05, 0) is 60.7 Å². The van der Waals surface area contributed by atoms with Gasteiger partial charge in [-0.2, -0.15) is 13.5 Å². The lowest BCUT2D eigenvalue weighted by atomic mass is 10.1. The number of hydrogen-bond acceptors (Lipinski definition) is 26. The minimum Gasteiger partial charge on any atom is -0.505 e. The summed E-state index contributed by atoms with van der Waals surface area (Å²) >= 11 is 0.737. The molecule has 4 aromatic carbocycles. The Bertz CT molecular complexity index is 2410. The van der Waals surface area contributed by atoms with Gasteiger partial charge in [-0.25, -0.2) is 32.6 Å². The lowest BCUT2D eigenvalue weighted by molar-refractivity contribution is -0.434. The molecule has 0 saturated heterocycles. The fourth-order valence-corrected chi connectivity index (χ4v) is 8.54. The molecule has 0 fully saturated rings. The van der Waals surface area contributed by atoms with Crippen LogP contribution < -0.4 is 5.32 Å². The van der Waals surface area contributed by atoms with Gasteiger partial charge in [0.15, 0.2) is 50.1 Å². The van der Waals surface area contributed by atoms with Crippen molar-refractivity contribution >= 4 is 106 Å². The zero-order valence-electron chi connectivity index (χ0n) is 28.3. The van der Waals surface area contributed by atoms with Crippen molar-refractivity contribution in [2.24, 2.45) is 20.5 Å². The highest BCUT2D eigenvalue weighted by molar-refractivity contribution is 7.94. The van der Waals surface area contributed by atoms with Crippen LogP contribution in [0.5, 0.6) is 5.75 Å². The maximum atomic E-state index is 12.8. The molecule has 0 amide bonds. The number of phenolic OH excluding ortho intramolecular Hbond substituents is 1. The van der Waals surface area contributed by atoms with Crippen molar-refractivity contribution in [3.05, 3.63) is 60.7 Å². The number of nitrogens with zero attached hydrogens (tertiary/aromatic N) is 4. The van der Waals surface area contributed by atoms with E-state index in [9.17, 15) is 34.9 Å². The highest BCUT2D eigenvalue weighted by atomic mass is 32.2. The second kappa shape index (κ2) is 21.4. The Labute approximate surface area is 334 Å². The number of phenols is 1. The lowest BCUT2D eigenvalue weighted by Crippen LogP contribution is -2.12. The molecule has 0 heterocycles. The number of aromatic hydroxyl groups is 1. The van der Waals surface area contributed by atoms with Crippen LogP contribution in [0.1, 0.15) is 0 Å². The predicted molar refractivity (Wildman–Crippen MR) is 198 cm³/mol. The highest BCUT2D eigenvalue weighted by Crippen LogP contribution is 2.48. The van der Waals surface area contributed by atoms with Gasteiger partial charge in [0.2, 0.25) is 0 Å². The summed E-state index contributed by atoms with van der Waals surface area (Å²) in [5, 5.41) is 66.1. The van der Waals surface area contributed by atoms with Crippen LogP contribution in [0.25, 0.3) is 10.8 Å². The molecule has 0 saturated carbocycles. The summed E-state index contributed by atoms with van der Waals surface area (Å²) in [4.78, 5) is -1.55. The number of benzene rings is 4. The number of azo groups is 2. The van der Waals surface area contributed by atoms with E-state index in [-0.39, 0.29) is 74.6 Å². The zero-order chi connectivity index (χ0) is 41.6. The van der Waals surface area contributed by atoms with E-state index in [0.29, 0.717) is 18.1 Å². The van der Waals surface area contributed by atoms with Gasteiger partial charge in [-0.15, -0.1) is 28.3 Å². The van der Waals surface area contributed by atoms with Crippen molar-refractivity contribution < 1.29 is 87.2 Å². The van der Waals surface area contributed by atoms with Gasteiger partial charge in [-0.1, -0.05) is 15.1 Å². The molecule has 0 bridgehead atoms. The van der Waals surface area contributed by atoms with Crippen molar-refractivity contribution in [2.75, 3.05) is 37.1 Å². The fraction of sp³-hybridized carbons (Fsp3) is 0.185. The van der Waals surface area contributed by atoms with Crippen LogP contribution >= 0.6 is 36.7 Å². The van der Waals surface area contributed by atoms with Crippen LogP contribution in [-0.4, -0.2) is 82.5 Å². The van der Waals surface area contributed by atoms with Crippen molar-refractivity contribution in [3.63, 3.8) is 0 Å². The van der Waals surface area contributed by atoms with Gasteiger partial charge >= 0.3 is 0 Å². The van der Waals surface area contributed by atoms with Crippen molar-refractivity contribution in [2.45, 2.75) is 19.6 Å². The summed E-state index contributed by atoms with van der Waals surface area (Å²) in [5.41, 5.74) is -0.283. The van der Waals surface area contributed by atoms with Crippen LogP contribution in [0.3, 0.4) is 0 Å². The van der Waals surface area contributed by atoms with Crippen LogP contribution in [0.15, 0.2) is 101 Å². The number of anilines is 1. The molecule has 0 aliphatic heterocycles. The van der Waals surface area contributed by atoms with Crippen LogP contribution in [0.2, 0.25) is 0 Å². The minimum atomic E-state index is -5.09. The van der Waals surface area contributed by atoms with Crippen molar-refractivity contribution in [3.8, 4) is 5.75 Å². The minimum absolute atomic E-state index is 0.0164. The number of nitrogens with one attached hydrogen (secondary N) is 1. The quantitative estimate of drug-likeness (QED) is 0.0113. The monoisotopic (exact) mass is 917 g/mol. The summed E-state index contributed by atoms with van der Waals surface area (Å²) in [5.74, 6) is -1.62. The summed E-state index contributed by atoms with van der Waals surface area (Å²) in [6.07, 6.45) is 0. The Morgan fingerprint density at radius 1 is 0.667 bits per heavy atom. The third-order valence-electron chi connectivity index (χ3n) is 7.00. The zero-order valence-corrected chi connectivity index (χ0v) is 33.2. The Balaban J connectivity index is 1.70. The average molecular weight is 918 g/mol.